The molecule has 0 bridgehead atoms. The van der Waals surface area contributed by atoms with Gasteiger partial charge in [0.25, 0.3) is 10.0 Å². The van der Waals surface area contributed by atoms with Crippen molar-refractivity contribution in [2.45, 2.75) is 39.0 Å². The first-order chi connectivity index (χ1) is 11.7. The maximum Gasteiger partial charge on any atom is 0.264 e. The van der Waals surface area contributed by atoms with Crippen LogP contribution in [-0.4, -0.2) is 20.9 Å². The number of carbonyl (C=O) groups is 1. The molecule has 0 unspecified atom stereocenters. The average Bonchev–Trinajstić information content (AvgIpc) is 2.48. The van der Waals surface area contributed by atoms with Crippen LogP contribution in [0.2, 0.25) is 0 Å². The third-order valence-electron chi connectivity index (χ3n) is 3.83. The number of ether oxygens (including phenoxy) is 1. The Bertz CT molecular complexity index is 868. The summed E-state index contributed by atoms with van der Waals surface area (Å²) >= 11 is 0. The topological polar surface area (TPSA) is 72.5 Å². The molecule has 2 rings (SSSR count). The summed E-state index contributed by atoms with van der Waals surface area (Å²) in [5.74, 6) is 0.0740. The first kappa shape index (κ1) is 19.0. The third kappa shape index (κ3) is 5.32. The molecule has 0 radical (unpaired) electrons. The molecule has 0 aliphatic heterocycles. The minimum absolute atomic E-state index is 0.0446. The van der Waals surface area contributed by atoms with Gasteiger partial charge in [-0.05, 0) is 74.2 Å². The van der Waals surface area contributed by atoms with E-state index in [1.54, 1.807) is 12.1 Å². The molecule has 0 saturated heterocycles. The Labute approximate surface area is 149 Å². The van der Waals surface area contributed by atoms with Gasteiger partial charge in [-0.15, -0.1) is 0 Å². The number of hydrogen-bond donors (Lipinski definition) is 1. The van der Waals surface area contributed by atoms with E-state index < -0.39 is 15.9 Å². The van der Waals surface area contributed by atoms with Crippen molar-refractivity contribution < 1.29 is 17.9 Å². The molecule has 134 valence electrons. The zero-order valence-electron chi connectivity index (χ0n) is 14.9. The average molecular weight is 361 g/mol. The van der Waals surface area contributed by atoms with Gasteiger partial charge in [-0.2, -0.15) is 0 Å². The van der Waals surface area contributed by atoms with E-state index >= 15 is 0 Å². The van der Waals surface area contributed by atoms with E-state index in [1.165, 1.54) is 6.07 Å². The van der Waals surface area contributed by atoms with Crippen molar-refractivity contribution >= 4 is 15.9 Å². The van der Waals surface area contributed by atoms with Crippen molar-refractivity contribution in [3.63, 3.8) is 0 Å². The van der Waals surface area contributed by atoms with Crippen LogP contribution in [0.1, 0.15) is 28.7 Å². The van der Waals surface area contributed by atoms with Crippen LogP contribution in [0.25, 0.3) is 0 Å². The molecule has 1 N–H and O–H groups in total. The Morgan fingerprint density at radius 2 is 1.60 bits per heavy atom. The number of amides is 1. The number of nitrogens with one attached hydrogen (secondary N) is 1. The second-order valence-corrected chi connectivity index (χ2v) is 7.88. The van der Waals surface area contributed by atoms with Crippen molar-refractivity contribution in [3.8, 4) is 5.75 Å². The second kappa shape index (κ2) is 7.70. The highest BCUT2D eigenvalue weighted by Crippen LogP contribution is 2.17. The summed E-state index contributed by atoms with van der Waals surface area (Å²) in [5, 5.41) is 0. The number of rotatable bonds is 6. The zero-order chi connectivity index (χ0) is 18.6. The van der Waals surface area contributed by atoms with Crippen LogP contribution in [0.5, 0.6) is 5.75 Å². The summed E-state index contributed by atoms with van der Waals surface area (Å²) in [5.41, 5.74) is 3.98. The first-order valence-electron chi connectivity index (χ1n) is 8.01. The SMILES string of the molecule is Cc1cc(C)cc(OCCC(=O)NS(=O)(=O)c2ccc(C)c(C)c2)c1. The van der Waals surface area contributed by atoms with Gasteiger partial charge in [0.1, 0.15) is 5.75 Å². The monoisotopic (exact) mass is 361 g/mol. The highest BCUT2D eigenvalue weighted by atomic mass is 32.2. The Balaban J connectivity index is 1.93. The van der Waals surface area contributed by atoms with E-state index in [0.29, 0.717) is 5.75 Å². The summed E-state index contributed by atoms with van der Waals surface area (Å²) in [6.45, 7) is 7.76. The predicted molar refractivity (Wildman–Crippen MR) is 97.3 cm³/mol. The molecular weight excluding hydrogens is 338 g/mol. The van der Waals surface area contributed by atoms with Gasteiger partial charge in [0.2, 0.25) is 5.91 Å². The van der Waals surface area contributed by atoms with Gasteiger partial charge >= 0.3 is 0 Å². The Kier molecular flexibility index (Phi) is 5.85. The van der Waals surface area contributed by atoms with Crippen molar-refractivity contribution in [2.24, 2.45) is 0 Å². The quantitative estimate of drug-likeness (QED) is 0.858. The Morgan fingerprint density at radius 1 is 0.960 bits per heavy atom. The molecule has 0 aromatic heterocycles. The summed E-state index contributed by atoms with van der Waals surface area (Å²) in [7, 11) is -3.86. The van der Waals surface area contributed by atoms with Gasteiger partial charge in [-0.25, -0.2) is 13.1 Å². The maximum absolute atomic E-state index is 12.3. The van der Waals surface area contributed by atoms with Crippen molar-refractivity contribution in [1.29, 1.82) is 0 Å². The fourth-order valence-corrected chi connectivity index (χ4v) is 3.52. The summed E-state index contributed by atoms with van der Waals surface area (Å²) < 4.78 is 32.1. The van der Waals surface area contributed by atoms with Gasteiger partial charge in [0.05, 0.1) is 17.9 Å². The molecule has 0 saturated carbocycles. The van der Waals surface area contributed by atoms with Gasteiger partial charge in [-0.3, -0.25) is 4.79 Å². The molecule has 2 aromatic rings. The summed E-state index contributed by atoms with van der Waals surface area (Å²) in [4.78, 5) is 12.0. The van der Waals surface area contributed by atoms with E-state index in [1.807, 2.05) is 45.9 Å². The van der Waals surface area contributed by atoms with E-state index in [9.17, 15) is 13.2 Å². The van der Waals surface area contributed by atoms with Crippen LogP contribution < -0.4 is 9.46 Å². The lowest BCUT2D eigenvalue weighted by Crippen LogP contribution is -2.31. The highest BCUT2D eigenvalue weighted by Gasteiger charge is 2.18. The smallest absolute Gasteiger partial charge is 0.264 e. The number of sulfonamides is 1. The number of hydrogen-bond acceptors (Lipinski definition) is 4. The minimum atomic E-state index is -3.86. The molecule has 2 aromatic carbocycles. The second-order valence-electron chi connectivity index (χ2n) is 6.20. The molecule has 0 atom stereocenters. The summed E-state index contributed by atoms with van der Waals surface area (Å²) in [6, 6.07) is 10.5. The molecule has 0 fully saturated rings. The lowest BCUT2D eigenvalue weighted by atomic mass is 10.1. The summed E-state index contributed by atoms with van der Waals surface area (Å²) in [6.07, 6.45) is -0.0446. The minimum Gasteiger partial charge on any atom is -0.493 e. The molecule has 25 heavy (non-hydrogen) atoms. The van der Waals surface area contributed by atoms with E-state index in [2.05, 4.69) is 4.72 Å². The van der Waals surface area contributed by atoms with Gasteiger partial charge in [0, 0.05) is 0 Å². The van der Waals surface area contributed by atoms with Crippen LogP contribution in [-0.2, 0) is 14.8 Å². The number of carbonyl (C=O) groups excluding carboxylic acids is 1. The van der Waals surface area contributed by atoms with Crippen LogP contribution in [0, 0.1) is 27.7 Å². The lowest BCUT2D eigenvalue weighted by Gasteiger charge is -2.10. The van der Waals surface area contributed by atoms with E-state index in [-0.39, 0.29) is 17.9 Å². The molecule has 0 spiro atoms. The van der Waals surface area contributed by atoms with Gasteiger partial charge < -0.3 is 4.74 Å². The number of aryl methyl sites for hydroxylation is 4. The molecule has 6 heteroatoms. The van der Waals surface area contributed by atoms with Gasteiger partial charge in [0.15, 0.2) is 0 Å². The standard InChI is InChI=1S/C19H23NO4S/c1-13-9-14(2)11-17(10-13)24-8-7-19(21)20-25(22,23)18-6-5-15(3)16(4)12-18/h5-6,9-12H,7-8H2,1-4H3,(H,20,21). The normalized spacial score (nSPS) is 11.2. The van der Waals surface area contributed by atoms with Crippen LogP contribution in [0.15, 0.2) is 41.3 Å². The fourth-order valence-electron chi connectivity index (χ4n) is 2.42. The van der Waals surface area contributed by atoms with Crippen LogP contribution in [0.4, 0.5) is 0 Å². The van der Waals surface area contributed by atoms with Crippen molar-refractivity contribution in [3.05, 3.63) is 58.7 Å². The first-order valence-corrected chi connectivity index (χ1v) is 9.50. The maximum atomic E-state index is 12.3. The molecule has 5 nitrogen and oxygen atoms in total. The van der Waals surface area contributed by atoms with E-state index in [0.717, 1.165) is 22.3 Å². The zero-order valence-corrected chi connectivity index (χ0v) is 15.7. The van der Waals surface area contributed by atoms with Crippen molar-refractivity contribution in [2.75, 3.05) is 6.61 Å². The largest absolute Gasteiger partial charge is 0.493 e. The molecule has 0 aliphatic carbocycles. The Morgan fingerprint density at radius 3 is 2.20 bits per heavy atom. The van der Waals surface area contributed by atoms with E-state index in [4.69, 9.17) is 4.74 Å². The van der Waals surface area contributed by atoms with Crippen LogP contribution >= 0.6 is 0 Å². The number of benzene rings is 2. The molecule has 0 aliphatic rings. The fraction of sp³-hybridized carbons (Fsp3) is 0.316. The van der Waals surface area contributed by atoms with Crippen LogP contribution in [0.3, 0.4) is 0 Å². The predicted octanol–water partition coefficient (Wildman–Crippen LogP) is 3.19. The molecule has 0 heterocycles. The lowest BCUT2D eigenvalue weighted by molar-refractivity contribution is -0.119. The molecule has 1 amide bonds. The van der Waals surface area contributed by atoms with Crippen molar-refractivity contribution in [1.82, 2.24) is 4.72 Å². The van der Waals surface area contributed by atoms with Gasteiger partial charge in [-0.1, -0.05) is 12.1 Å². The Hall–Kier alpha value is -2.34. The highest BCUT2D eigenvalue weighted by molar-refractivity contribution is 7.90. The third-order valence-corrected chi connectivity index (χ3v) is 5.20. The molecular formula is C19H23NO4S.